The summed E-state index contributed by atoms with van der Waals surface area (Å²) in [6.45, 7) is 7.76. The highest BCUT2D eigenvalue weighted by atomic mass is 16.5. The van der Waals surface area contributed by atoms with Crippen LogP contribution in [0.2, 0.25) is 0 Å². The SMILES string of the molecule is CCNC(=NCCCc1nc(C)no1)Nc1ccc(OC)c(OCC)c1. The fourth-order valence-electron chi connectivity index (χ4n) is 2.33. The Morgan fingerprint density at radius 2 is 2.12 bits per heavy atom. The summed E-state index contributed by atoms with van der Waals surface area (Å²) >= 11 is 0. The van der Waals surface area contributed by atoms with Crippen molar-refractivity contribution in [3.63, 3.8) is 0 Å². The van der Waals surface area contributed by atoms with Crippen molar-refractivity contribution in [2.24, 2.45) is 4.99 Å². The minimum atomic E-state index is 0.573. The number of methoxy groups -OCH3 is 1. The molecule has 0 spiro atoms. The molecule has 0 unspecified atom stereocenters. The smallest absolute Gasteiger partial charge is 0.226 e. The number of hydrogen-bond acceptors (Lipinski definition) is 6. The summed E-state index contributed by atoms with van der Waals surface area (Å²) in [5.41, 5.74) is 0.876. The Kier molecular flexibility index (Phi) is 7.73. The van der Waals surface area contributed by atoms with E-state index in [9.17, 15) is 0 Å². The summed E-state index contributed by atoms with van der Waals surface area (Å²) in [6.07, 6.45) is 1.53. The molecule has 0 fully saturated rings. The van der Waals surface area contributed by atoms with Gasteiger partial charge in [0.2, 0.25) is 5.89 Å². The predicted molar refractivity (Wildman–Crippen MR) is 101 cm³/mol. The van der Waals surface area contributed by atoms with Crippen molar-refractivity contribution in [2.45, 2.75) is 33.6 Å². The van der Waals surface area contributed by atoms with Crippen LogP contribution in [0.4, 0.5) is 5.69 Å². The maximum Gasteiger partial charge on any atom is 0.226 e. The molecule has 1 aromatic carbocycles. The van der Waals surface area contributed by atoms with Gasteiger partial charge in [-0.1, -0.05) is 5.16 Å². The quantitative estimate of drug-likeness (QED) is 0.403. The Labute approximate surface area is 154 Å². The molecule has 0 saturated carbocycles. The first-order valence-corrected chi connectivity index (χ1v) is 8.81. The van der Waals surface area contributed by atoms with Crippen LogP contribution in [-0.4, -0.2) is 42.9 Å². The second-order valence-electron chi connectivity index (χ2n) is 5.52. The predicted octanol–water partition coefficient (Wildman–Crippen LogP) is 2.80. The van der Waals surface area contributed by atoms with Gasteiger partial charge in [0.25, 0.3) is 0 Å². The lowest BCUT2D eigenvalue weighted by Gasteiger charge is -2.14. The molecule has 2 rings (SSSR count). The molecule has 0 atom stereocenters. The zero-order chi connectivity index (χ0) is 18.8. The minimum Gasteiger partial charge on any atom is -0.493 e. The molecule has 8 heteroatoms. The van der Waals surface area contributed by atoms with Gasteiger partial charge in [0.15, 0.2) is 23.3 Å². The maximum atomic E-state index is 5.61. The lowest BCUT2D eigenvalue weighted by Crippen LogP contribution is -2.30. The number of aromatic nitrogens is 2. The van der Waals surface area contributed by atoms with E-state index in [2.05, 4.69) is 25.8 Å². The van der Waals surface area contributed by atoms with Crippen molar-refractivity contribution in [1.82, 2.24) is 15.5 Å². The standard InChI is InChI=1S/C18H27N5O3/c1-5-19-18(20-11-7-8-17-21-13(3)23-26-17)22-14-9-10-15(24-4)16(12-14)25-6-2/h9-10,12H,5-8,11H2,1-4H3,(H2,19,20,22). The van der Waals surface area contributed by atoms with Gasteiger partial charge in [-0.2, -0.15) is 4.98 Å². The van der Waals surface area contributed by atoms with Crippen LogP contribution in [0.1, 0.15) is 32.0 Å². The fourth-order valence-corrected chi connectivity index (χ4v) is 2.33. The summed E-state index contributed by atoms with van der Waals surface area (Å²) in [7, 11) is 1.63. The second kappa shape index (κ2) is 10.3. The molecule has 8 nitrogen and oxygen atoms in total. The van der Waals surface area contributed by atoms with Crippen LogP contribution in [0, 0.1) is 6.92 Å². The minimum absolute atomic E-state index is 0.573. The Morgan fingerprint density at radius 3 is 2.77 bits per heavy atom. The van der Waals surface area contributed by atoms with Gasteiger partial charge >= 0.3 is 0 Å². The molecular weight excluding hydrogens is 334 g/mol. The van der Waals surface area contributed by atoms with Crippen LogP contribution in [0.5, 0.6) is 11.5 Å². The first kappa shape index (κ1) is 19.6. The van der Waals surface area contributed by atoms with Crippen molar-refractivity contribution in [3.05, 3.63) is 29.9 Å². The number of hydrogen-bond donors (Lipinski definition) is 2. The van der Waals surface area contributed by atoms with Gasteiger partial charge in [0.05, 0.1) is 13.7 Å². The van der Waals surface area contributed by atoms with E-state index < -0.39 is 0 Å². The van der Waals surface area contributed by atoms with Crippen LogP contribution >= 0.6 is 0 Å². The lowest BCUT2D eigenvalue weighted by atomic mass is 10.2. The molecule has 1 heterocycles. The van der Waals surface area contributed by atoms with Crippen LogP contribution in [0.25, 0.3) is 0 Å². The highest BCUT2D eigenvalue weighted by Gasteiger charge is 2.07. The zero-order valence-corrected chi connectivity index (χ0v) is 15.8. The third-order valence-corrected chi connectivity index (χ3v) is 3.46. The van der Waals surface area contributed by atoms with E-state index in [0.29, 0.717) is 48.7 Å². The normalized spacial score (nSPS) is 11.3. The molecular formula is C18H27N5O3. The van der Waals surface area contributed by atoms with E-state index in [-0.39, 0.29) is 0 Å². The number of anilines is 1. The molecule has 0 aliphatic rings. The van der Waals surface area contributed by atoms with E-state index in [1.807, 2.05) is 39.0 Å². The Morgan fingerprint density at radius 1 is 1.27 bits per heavy atom. The lowest BCUT2D eigenvalue weighted by molar-refractivity contribution is 0.311. The Hall–Kier alpha value is -2.77. The molecule has 1 aromatic heterocycles. The van der Waals surface area contributed by atoms with E-state index in [1.165, 1.54) is 0 Å². The fraction of sp³-hybridized carbons (Fsp3) is 0.500. The maximum absolute atomic E-state index is 5.61. The van der Waals surface area contributed by atoms with Crippen LogP contribution in [-0.2, 0) is 6.42 Å². The number of guanidine groups is 1. The van der Waals surface area contributed by atoms with Gasteiger partial charge in [0.1, 0.15) is 0 Å². The number of nitrogens with one attached hydrogen (secondary N) is 2. The number of rotatable bonds is 9. The molecule has 0 bridgehead atoms. The number of aliphatic imine (C=N–C) groups is 1. The molecule has 0 amide bonds. The largest absolute Gasteiger partial charge is 0.493 e. The number of ether oxygens (including phenoxy) is 2. The third kappa shape index (κ3) is 5.94. The molecule has 2 N–H and O–H groups in total. The Bertz CT molecular complexity index is 715. The van der Waals surface area contributed by atoms with Crippen LogP contribution in [0.15, 0.2) is 27.7 Å². The molecule has 0 aliphatic heterocycles. The van der Waals surface area contributed by atoms with Gasteiger partial charge in [0, 0.05) is 31.3 Å². The average molecular weight is 361 g/mol. The third-order valence-electron chi connectivity index (χ3n) is 3.46. The van der Waals surface area contributed by atoms with Crippen molar-refractivity contribution >= 4 is 11.6 Å². The number of nitrogens with zero attached hydrogens (tertiary/aromatic N) is 3. The zero-order valence-electron chi connectivity index (χ0n) is 15.8. The molecule has 0 radical (unpaired) electrons. The first-order valence-electron chi connectivity index (χ1n) is 8.81. The molecule has 0 saturated heterocycles. The summed E-state index contributed by atoms with van der Waals surface area (Å²) in [5.74, 6) is 3.41. The van der Waals surface area contributed by atoms with Gasteiger partial charge in [-0.25, -0.2) is 0 Å². The number of benzene rings is 1. The first-order chi connectivity index (χ1) is 12.7. The summed E-state index contributed by atoms with van der Waals surface area (Å²) < 4.78 is 16.0. The van der Waals surface area contributed by atoms with E-state index in [0.717, 1.165) is 18.7 Å². The second-order valence-corrected chi connectivity index (χ2v) is 5.52. The van der Waals surface area contributed by atoms with Gasteiger partial charge in [-0.05, 0) is 39.3 Å². The van der Waals surface area contributed by atoms with Gasteiger partial charge in [-0.15, -0.1) is 0 Å². The molecule has 0 aliphatic carbocycles. The summed E-state index contributed by atoms with van der Waals surface area (Å²) in [4.78, 5) is 8.77. The monoisotopic (exact) mass is 361 g/mol. The highest BCUT2D eigenvalue weighted by molar-refractivity contribution is 5.93. The van der Waals surface area contributed by atoms with Crippen molar-refractivity contribution in [1.29, 1.82) is 0 Å². The van der Waals surface area contributed by atoms with Crippen molar-refractivity contribution in [2.75, 3.05) is 32.1 Å². The van der Waals surface area contributed by atoms with Crippen molar-refractivity contribution < 1.29 is 14.0 Å². The topological polar surface area (TPSA) is 93.8 Å². The highest BCUT2D eigenvalue weighted by Crippen LogP contribution is 2.30. The molecule has 142 valence electrons. The Balaban J connectivity index is 1.96. The van der Waals surface area contributed by atoms with E-state index in [4.69, 9.17) is 14.0 Å². The summed E-state index contributed by atoms with van der Waals surface area (Å²) in [6, 6.07) is 5.70. The van der Waals surface area contributed by atoms with Crippen LogP contribution < -0.4 is 20.1 Å². The average Bonchev–Trinajstić information content (AvgIpc) is 3.05. The molecule has 26 heavy (non-hydrogen) atoms. The van der Waals surface area contributed by atoms with E-state index >= 15 is 0 Å². The number of aryl methyl sites for hydroxylation is 2. The van der Waals surface area contributed by atoms with Gasteiger partial charge < -0.3 is 24.6 Å². The summed E-state index contributed by atoms with van der Waals surface area (Å²) in [5, 5.41) is 10.3. The van der Waals surface area contributed by atoms with Crippen LogP contribution in [0.3, 0.4) is 0 Å². The van der Waals surface area contributed by atoms with Crippen molar-refractivity contribution in [3.8, 4) is 11.5 Å². The molecule has 2 aromatic rings. The van der Waals surface area contributed by atoms with E-state index in [1.54, 1.807) is 7.11 Å². The van der Waals surface area contributed by atoms with Gasteiger partial charge in [-0.3, -0.25) is 4.99 Å².